The van der Waals surface area contributed by atoms with Crippen molar-refractivity contribution in [3.8, 4) is 0 Å². The van der Waals surface area contributed by atoms with Gasteiger partial charge in [-0.2, -0.15) is 0 Å². The van der Waals surface area contributed by atoms with Crippen LogP contribution in [0.25, 0.3) is 0 Å². The molecule has 5 atom stereocenters. The molecule has 1 saturated carbocycles. The summed E-state index contributed by atoms with van der Waals surface area (Å²) in [6.07, 6.45) is 5.32. The van der Waals surface area contributed by atoms with Crippen LogP contribution in [0.4, 0.5) is 0 Å². The summed E-state index contributed by atoms with van der Waals surface area (Å²) >= 11 is 0. The van der Waals surface area contributed by atoms with Gasteiger partial charge < -0.3 is 5.73 Å². The number of hydrogen-bond acceptors (Lipinski definition) is 2. The zero-order valence-corrected chi connectivity index (χ0v) is 10.4. The lowest BCUT2D eigenvalue weighted by Crippen LogP contribution is -2.55. The Bertz CT molecular complexity index is 205. The molecule has 2 N–H and O–H groups in total. The highest BCUT2D eigenvalue weighted by Crippen LogP contribution is 2.34. The number of nitrogens with two attached hydrogens (primary N) is 1. The Hall–Kier alpha value is -0.0800. The van der Waals surface area contributed by atoms with Crippen molar-refractivity contribution in [2.24, 2.45) is 17.6 Å². The molecule has 0 spiro atoms. The zero-order valence-electron chi connectivity index (χ0n) is 10.4. The second-order valence-corrected chi connectivity index (χ2v) is 5.94. The quantitative estimate of drug-likeness (QED) is 0.719. The van der Waals surface area contributed by atoms with Crippen LogP contribution in [0.1, 0.15) is 46.5 Å². The van der Waals surface area contributed by atoms with Gasteiger partial charge in [0.1, 0.15) is 0 Å². The molecule has 1 aliphatic heterocycles. The predicted octanol–water partition coefficient (Wildman–Crippen LogP) is 2.23. The fraction of sp³-hybridized carbons (Fsp3) is 1.00. The fourth-order valence-corrected chi connectivity index (χ4v) is 3.87. The Labute approximate surface area is 94.2 Å². The average Bonchev–Trinajstić information content (AvgIpc) is 2.50. The SMILES string of the molecule is CC1CC(C)C(N2CCCC2C)C(N)C1. The van der Waals surface area contributed by atoms with Gasteiger partial charge in [-0.1, -0.05) is 13.8 Å². The van der Waals surface area contributed by atoms with Crippen LogP contribution in [0, 0.1) is 11.8 Å². The topological polar surface area (TPSA) is 29.3 Å². The van der Waals surface area contributed by atoms with Gasteiger partial charge in [-0.15, -0.1) is 0 Å². The summed E-state index contributed by atoms with van der Waals surface area (Å²) in [7, 11) is 0. The maximum atomic E-state index is 6.36. The molecule has 0 amide bonds. The summed E-state index contributed by atoms with van der Waals surface area (Å²) in [5.41, 5.74) is 6.36. The molecule has 2 aliphatic rings. The van der Waals surface area contributed by atoms with E-state index in [2.05, 4.69) is 25.7 Å². The van der Waals surface area contributed by atoms with Crippen LogP contribution in [-0.4, -0.2) is 29.6 Å². The first kappa shape index (κ1) is 11.4. The van der Waals surface area contributed by atoms with Crippen LogP contribution < -0.4 is 5.73 Å². The van der Waals surface area contributed by atoms with Crippen molar-refractivity contribution >= 4 is 0 Å². The lowest BCUT2D eigenvalue weighted by Gasteiger charge is -2.44. The van der Waals surface area contributed by atoms with Crippen molar-refractivity contribution in [2.75, 3.05) is 6.54 Å². The Kier molecular flexibility index (Phi) is 3.36. The molecule has 2 rings (SSSR count). The third-order valence-electron chi connectivity index (χ3n) is 4.46. The molecule has 1 aliphatic carbocycles. The molecule has 1 saturated heterocycles. The summed E-state index contributed by atoms with van der Waals surface area (Å²) in [5, 5.41) is 0. The molecule has 0 aromatic carbocycles. The van der Waals surface area contributed by atoms with Crippen LogP contribution in [-0.2, 0) is 0 Å². The minimum atomic E-state index is 0.407. The van der Waals surface area contributed by atoms with E-state index in [-0.39, 0.29) is 0 Å². The van der Waals surface area contributed by atoms with Gasteiger partial charge in [0, 0.05) is 18.1 Å². The lowest BCUT2D eigenvalue weighted by molar-refractivity contribution is 0.0706. The molecule has 0 radical (unpaired) electrons. The highest BCUT2D eigenvalue weighted by atomic mass is 15.2. The molecule has 0 bridgehead atoms. The Morgan fingerprint density at radius 2 is 1.87 bits per heavy atom. The summed E-state index contributed by atoms with van der Waals surface area (Å²) < 4.78 is 0. The summed E-state index contributed by atoms with van der Waals surface area (Å²) in [6, 6.07) is 1.82. The third kappa shape index (κ3) is 2.21. The van der Waals surface area contributed by atoms with Gasteiger partial charge in [0.2, 0.25) is 0 Å². The van der Waals surface area contributed by atoms with Crippen molar-refractivity contribution in [1.29, 1.82) is 0 Å². The lowest BCUT2D eigenvalue weighted by atomic mass is 9.76. The summed E-state index contributed by atoms with van der Waals surface area (Å²) in [4.78, 5) is 2.68. The van der Waals surface area contributed by atoms with E-state index in [1.54, 1.807) is 0 Å². The number of rotatable bonds is 1. The van der Waals surface area contributed by atoms with Crippen LogP contribution in [0.5, 0.6) is 0 Å². The molecule has 2 heteroatoms. The van der Waals surface area contributed by atoms with Crippen LogP contribution in [0.3, 0.4) is 0 Å². The molecule has 88 valence electrons. The van der Waals surface area contributed by atoms with E-state index in [0.717, 1.165) is 17.9 Å². The molecular formula is C13H26N2. The van der Waals surface area contributed by atoms with Crippen molar-refractivity contribution < 1.29 is 0 Å². The normalized spacial score (nSPS) is 48.4. The van der Waals surface area contributed by atoms with E-state index in [4.69, 9.17) is 5.73 Å². The van der Waals surface area contributed by atoms with Crippen molar-refractivity contribution in [1.82, 2.24) is 4.90 Å². The molecule has 2 nitrogen and oxygen atoms in total. The smallest absolute Gasteiger partial charge is 0.0275 e. The second kappa shape index (κ2) is 4.42. The highest BCUT2D eigenvalue weighted by molar-refractivity contribution is 4.95. The van der Waals surface area contributed by atoms with E-state index < -0.39 is 0 Å². The van der Waals surface area contributed by atoms with Crippen molar-refractivity contribution in [3.63, 3.8) is 0 Å². The van der Waals surface area contributed by atoms with Gasteiger partial charge in [-0.05, 0) is 51.0 Å². The van der Waals surface area contributed by atoms with Gasteiger partial charge in [0.25, 0.3) is 0 Å². The predicted molar refractivity (Wildman–Crippen MR) is 64.7 cm³/mol. The first-order chi connectivity index (χ1) is 7.09. The molecule has 0 aromatic heterocycles. The molecule has 2 fully saturated rings. The number of hydrogen-bond donors (Lipinski definition) is 1. The fourth-order valence-electron chi connectivity index (χ4n) is 3.87. The maximum Gasteiger partial charge on any atom is 0.0275 e. The van der Waals surface area contributed by atoms with Crippen LogP contribution in [0.2, 0.25) is 0 Å². The van der Waals surface area contributed by atoms with Gasteiger partial charge in [0.15, 0.2) is 0 Å². The van der Waals surface area contributed by atoms with E-state index in [0.29, 0.717) is 12.1 Å². The minimum Gasteiger partial charge on any atom is -0.326 e. The number of nitrogens with zero attached hydrogens (tertiary/aromatic N) is 1. The van der Waals surface area contributed by atoms with Crippen LogP contribution in [0.15, 0.2) is 0 Å². The summed E-state index contributed by atoms with van der Waals surface area (Å²) in [5.74, 6) is 1.61. The van der Waals surface area contributed by atoms with Gasteiger partial charge >= 0.3 is 0 Å². The van der Waals surface area contributed by atoms with E-state index >= 15 is 0 Å². The van der Waals surface area contributed by atoms with Gasteiger partial charge in [-0.3, -0.25) is 4.90 Å². The standard InChI is InChI=1S/C13H26N2/c1-9-7-10(2)13(12(14)8-9)15-6-4-5-11(15)3/h9-13H,4-8,14H2,1-3H3. The van der Waals surface area contributed by atoms with Crippen molar-refractivity contribution in [3.05, 3.63) is 0 Å². The number of likely N-dealkylation sites (tertiary alicyclic amines) is 1. The largest absolute Gasteiger partial charge is 0.326 e. The van der Waals surface area contributed by atoms with Crippen LogP contribution >= 0.6 is 0 Å². The van der Waals surface area contributed by atoms with E-state index in [9.17, 15) is 0 Å². The maximum absolute atomic E-state index is 6.36. The molecule has 15 heavy (non-hydrogen) atoms. The van der Waals surface area contributed by atoms with Gasteiger partial charge in [0.05, 0.1) is 0 Å². The van der Waals surface area contributed by atoms with E-state index in [1.165, 1.54) is 32.2 Å². The molecule has 1 heterocycles. The average molecular weight is 210 g/mol. The Balaban J connectivity index is 2.06. The highest BCUT2D eigenvalue weighted by Gasteiger charge is 2.38. The van der Waals surface area contributed by atoms with Gasteiger partial charge in [-0.25, -0.2) is 0 Å². The van der Waals surface area contributed by atoms with E-state index in [1.807, 2.05) is 0 Å². The minimum absolute atomic E-state index is 0.407. The second-order valence-electron chi connectivity index (χ2n) is 5.94. The monoisotopic (exact) mass is 210 g/mol. The zero-order chi connectivity index (χ0) is 11.0. The Morgan fingerprint density at radius 3 is 2.40 bits per heavy atom. The third-order valence-corrected chi connectivity index (χ3v) is 4.46. The molecule has 0 aromatic rings. The first-order valence-electron chi connectivity index (χ1n) is 6.61. The molecule has 5 unspecified atom stereocenters. The van der Waals surface area contributed by atoms with Crippen molar-refractivity contribution in [2.45, 2.75) is 64.6 Å². The first-order valence-corrected chi connectivity index (χ1v) is 6.61. The Morgan fingerprint density at radius 1 is 1.13 bits per heavy atom. The molecular weight excluding hydrogens is 184 g/mol. The summed E-state index contributed by atoms with van der Waals surface area (Å²) in [6.45, 7) is 8.38.